The molecule has 0 aromatic carbocycles. The van der Waals surface area contributed by atoms with Crippen molar-refractivity contribution in [3.63, 3.8) is 0 Å². The average Bonchev–Trinajstić information content (AvgIpc) is 2.76. The smallest absolute Gasteiger partial charge is 0.0985 e. The van der Waals surface area contributed by atoms with Crippen molar-refractivity contribution in [1.29, 1.82) is 0 Å². The molecule has 4 atom stereocenters. The number of hydrogen-bond donors (Lipinski definition) is 0. The molecule has 0 amide bonds. The fourth-order valence-electron chi connectivity index (χ4n) is 3.11. The summed E-state index contributed by atoms with van der Waals surface area (Å²) in [7, 11) is 0. The molecule has 2 fully saturated rings. The Morgan fingerprint density at radius 1 is 1.13 bits per heavy atom. The third kappa shape index (κ3) is 2.73. The van der Waals surface area contributed by atoms with Gasteiger partial charge in [-0.1, -0.05) is 26.2 Å². The zero-order valence-corrected chi connectivity index (χ0v) is 9.49. The van der Waals surface area contributed by atoms with Crippen LogP contribution in [0.4, 0.5) is 0 Å². The minimum Gasteiger partial charge on any atom is -0.378 e. The lowest BCUT2D eigenvalue weighted by Gasteiger charge is -2.25. The van der Waals surface area contributed by atoms with Crippen molar-refractivity contribution in [3.05, 3.63) is 6.92 Å². The summed E-state index contributed by atoms with van der Waals surface area (Å²) in [5.74, 6) is 1.02. The molecule has 2 nitrogen and oxygen atoms in total. The van der Waals surface area contributed by atoms with Crippen molar-refractivity contribution in [1.82, 2.24) is 0 Å². The Kier molecular flexibility index (Phi) is 4.04. The standard InChI is InChI=1S/C13H22O2/c1-2-3-4-5-6-15-13-9-10-7-11(13)12(14)8-10/h10-13H,1-9H2. The van der Waals surface area contributed by atoms with Crippen LogP contribution in [0.25, 0.3) is 0 Å². The molecule has 0 N–H and O–H groups in total. The highest BCUT2D eigenvalue weighted by atomic mass is 16.5. The normalized spacial score (nSPS) is 38.8. The summed E-state index contributed by atoms with van der Waals surface area (Å²) in [4.78, 5) is 0. The van der Waals surface area contributed by atoms with E-state index >= 15 is 0 Å². The van der Waals surface area contributed by atoms with Crippen molar-refractivity contribution < 1.29 is 9.84 Å². The second kappa shape index (κ2) is 5.31. The first kappa shape index (κ1) is 11.4. The molecule has 0 heterocycles. The van der Waals surface area contributed by atoms with Crippen LogP contribution in [0.15, 0.2) is 0 Å². The van der Waals surface area contributed by atoms with Crippen molar-refractivity contribution >= 4 is 0 Å². The molecule has 2 rings (SSSR count). The largest absolute Gasteiger partial charge is 0.378 e. The first-order valence-electron chi connectivity index (χ1n) is 6.38. The summed E-state index contributed by atoms with van der Waals surface area (Å²) in [6, 6.07) is 0. The molecule has 0 spiro atoms. The molecule has 15 heavy (non-hydrogen) atoms. The van der Waals surface area contributed by atoms with Gasteiger partial charge >= 0.3 is 0 Å². The summed E-state index contributed by atoms with van der Waals surface area (Å²) in [6.07, 6.45) is 7.74. The molecule has 2 saturated carbocycles. The third-order valence-corrected chi connectivity index (χ3v) is 3.92. The Morgan fingerprint density at radius 3 is 2.67 bits per heavy atom. The Morgan fingerprint density at radius 2 is 2.00 bits per heavy atom. The molecule has 0 aromatic heterocycles. The van der Waals surface area contributed by atoms with Gasteiger partial charge in [0.25, 0.3) is 0 Å². The lowest BCUT2D eigenvalue weighted by atomic mass is 9.95. The molecular formula is C13H22O2. The first-order chi connectivity index (χ1) is 7.31. The van der Waals surface area contributed by atoms with E-state index in [2.05, 4.69) is 6.92 Å². The maximum Gasteiger partial charge on any atom is 0.0985 e. The van der Waals surface area contributed by atoms with E-state index in [1.54, 1.807) is 0 Å². The molecule has 2 radical (unpaired) electrons. The molecule has 0 saturated heterocycles. The highest BCUT2D eigenvalue weighted by Crippen LogP contribution is 2.46. The molecule has 2 heteroatoms. The number of rotatable bonds is 6. The van der Waals surface area contributed by atoms with Crippen molar-refractivity contribution in [2.75, 3.05) is 6.61 Å². The van der Waals surface area contributed by atoms with Crippen molar-refractivity contribution in [3.8, 4) is 0 Å². The van der Waals surface area contributed by atoms with E-state index < -0.39 is 0 Å². The zero-order chi connectivity index (χ0) is 10.7. The fourth-order valence-corrected chi connectivity index (χ4v) is 3.11. The lowest BCUT2D eigenvalue weighted by Crippen LogP contribution is -2.30. The zero-order valence-electron chi connectivity index (χ0n) is 9.49. The first-order valence-corrected chi connectivity index (χ1v) is 6.38. The molecule has 2 aliphatic carbocycles. The number of ether oxygens (including phenoxy) is 1. The van der Waals surface area contributed by atoms with Gasteiger partial charge in [0.15, 0.2) is 0 Å². The minimum atomic E-state index is -0.325. The summed E-state index contributed by atoms with van der Waals surface area (Å²) >= 11 is 0. The van der Waals surface area contributed by atoms with Gasteiger partial charge in [-0.2, -0.15) is 0 Å². The van der Waals surface area contributed by atoms with E-state index in [9.17, 15) is 5.11 Å². The van der Waals surface area contributed by atoms with Gasteiger partial charge in [0, 0.05) is 12.5 Å². The second-order valence-corrected chi connectivity index (χ2v) is 5.10. The van der Waals surface area contributed by atoms with E-state index in [1.807, 2.05) is 0 Å². The van der Waals surface area contributed by atoms with E-state index in [-0.39, 0.29) is 6.10 Å². The van der Waals surface area contributed by atoms with Gasteiger partial charge in [0.2, 0.25) is 0 Å². The highest BCUT2D eigenvalue weighted by Gasteiger charge is 2.46. The van der Waals surface area contributed by atoms with Gasteiger partial charge in [-0.15, -0.1) is 0 Å². The van der Waals surface area contributed by atoms with Crippen LogP contribution in [0.2, 0.25) is 0 Å². The van der Waals surface area contributed by atoms with Gasteiger partial charge in [0.05, 0.1) is 12.2 Å². The maximum atomic E-state index is 11.6. The Labute approximate surface area is 93.0 Å². The molecule has 0 aromatic rings. The summed E-state index contributed by atoms with van der Waals surface area (Å²) < 4.78 is 5.83. The van der Waals surface area contributed by atoms with E-state index in [0.29, 0.717) is 17.9 Å². The molecule has 86 valence electrons. The Balaban J connectivity index is 1.60. The van der Waals surface area contributed by atoms with Gasteiger partial charge in [-0.25, -0.2) is 5.11 Å². The predicted molar refractivity (Wildman–Crippen MR) is 58.9 cm³/mol. The van der Waals surface area contributed by atoms with Gasteiger partial charge in [-0.05, 0) is 31.6 Å². The van der Waals surface area contributed by atoms with Crippen LogP contribution < -0.4 is 0 Å². The van der Waals surface area contributed by atoms with Crippen molar-refractivity contribution in [2.45, 2.75) is 57.2 Å². The van der Waals surface area contributed by atoms with Crippen LogP contribution in [0.3, 0.4) is 0 Å². The van der Waals surface area contributed by atoms with Gasteiger partial charge < -0.3 is 4.74 Å². The SMILES string of the molecule is [CH2]CCCCCOC1CC2CC([O])C1C2. The van der Waals surface area contributed by atoms with Crippen LogP contribution in [-0.2, 0) is 9.84 Å². The molecule has 2 aliphatic rings. The van der Waals surface area contributed by atoms with Crippen molar-refractivity contribution in [2.24, 2.45) is 11.8 Å². The summed E-state index contributed by atoms with van der Waals surface area (Å²) in [5, 5.41) is 11.6. The third-order valence-electron chi connectivity index (χ3n) is 3.92. The van der Waals surface area contributed by atoms with Crippen LogP contribution in [0.1, 0.15) is 44.9 Å². The molecule has 4 unspecified atom stereocenters. The monoisotopic (exact) mass is 210 g/mol. The number of hydrogen-bond acceptors (Lipinski definition) is 1. The van der Waals surface area contributed by atoms with Crippen LogP contribution in [0, 0.1) is 18.8 Å². The molecular weight excluding hydrogens is 188 g/mol. The predicted octanol–water partition coefficient (Wildman–Crippen LogP) is 3.00. The maximum absolute atomic E-state index is 11.6. The van der Waals surface area contributed by atoms with Crippen LogP contribution >= 0.6 is 0 Å². The minimum absolute atomic E-state index is 0.297. The second-order valence-electron chi connectivity index (χ2n) is 5.10. The molecule has 2 bridgehead atoms. The van der Waals surface area contributed by atoms with Gasteiger partial charge in [-0.3, -0.25) is 0 Å². The topological polar surface area (TPSA) is 29.1 Å². The Bertz CT molecular complexity index is 193. The van der Waals surface area contributed by atoms with E-state index in [1.165, 1.54) is 12.8 Å². The van der Waals surface area contributed by atoms with E-state index in [4.69, 9.17) is 4.74 Å². The number of unbranched alkanes of at least 4 members (excludes halogenated alkanes) is 3. The Hall–Kier alpha value is -0.0800. The van der Waals surface area contributed by atoms with E-state index in [0.717, 1.165) is 38.7 Å². The average molecular weight is 210 g/mol. The highest BCUT2D eigenvalue weighted by molar-refractivity contribution is 4.96. The van der Waals surface area contributed by atoms with Crippen LogP contribution in [-0.4, -0.2) is 18.8 Å². The lowest BCUT2D eigenvalue weighted by molar-refractivity contribution is -0.0551. The molecule has 0 aliphatic heterocycles. The summed E-state index contributed by atoms with van der Waals surface area (Å²) in [5.41, 5.74) is 0. The van der Waals surface area contributed by atoms with Gasteiger partial charge in [0.1, 0.15) is 0 Å². The number of fused-ring (bicyclic) bond motifs is 2. The fraction of sp³-hybridized carbons (Fsp3) is 0.923. The quantitative estimate of drug-likeness (QED) is 0.620. The summed E-state index contributed by atoms with van der Waals surface area (Å²) in [6.45, 7) is 4.67. The van der Waals surface area contributed by atoms with Crippen LogP contribution in [0.5, 0.6) is 0 Å².